The Labute approximate surface area is 103 Å². The van der Waals surface area contributed by atoms with Gasteiger partial charge in [-0.05, 0) is 30.7 Å². The van der Waals surface area contributed by atoms with Crippen LogP contribution in [0.25, 0.3) is 0 Å². The number of aryl methyl sites for hydroxylation is 1. The lowest BCUT2D eigenvalue weighted by Gasteiger charge is -2.08. The fourth-order valence-electron chi connectivity index (χ4n) is 1.35. The molecule has 3 nitrogen and oxygen atoms in total. The number of aromatic nitrogens is 1. The molecule has 1 heterocycles. The predicted octanol–water partition coefficient (Wildman–Crippen LogP) is 3.51. The number of hydrogen-bond donors (Lipinski definition) is 2. The Morgan fingerprint density at radius 2 is 2.12 bits per heavy atom. The van der Waals surface area contributed by atoms with Gasteiger partial charge in [-0.3, -0.25) is 0 Å². The van der Waals surface area contributed by atoms with E-state index in [1.54, 1.807) is 25.1 Å². The van der Waals surface area contributed by atoms with Gasteiger partial charge in [0.05, 0.1) is 16.9 Å². The van der Waals surface area contributed by atoms with E-state index < -0.39 is 0 Å². The maximum absolute atomic E-state index is 13.3. The van der Waals surface area contributed by atoms with Crippen molar-refractivity contribution in [1.82, 2.24) is 4.98 Å². The minimum absolute atomic E-state index is 0.276. The van der Waals surface area contributed by atoms with Crippen molar-refractivity contribution in [2.24, 2.45) is 0 Å². The molecular formula is C12H11ClFN3. The number of pyridine rings is 1. The molecule has 0 saturated carbocycles. The predicted molar refractivity (Wildman–Crippen MR) is 68.1 cm³/mol. The van der Waals surface area contributed by atoms with Crippen LogP contribution in [-0.2, 0) is 0 Å². The first-order valence-corrected chi connectivity index (χ1v) is 5.38. The van der Waals surface area contributed by atoms with Gasteiger partial charge < -0.3 is 11.1 Å². The van der Waals surface area contributed by atoms with E-state index in [0.717, 1.165) is 0 Å². The summed E-state index contributed by atoms with van der Waals surface area (Å²) in [7, 11) is 0. The molecule has 17 heavy (non-hydrogen) atoms. The molecule has 0 spiro atoms. The number of nitrogens with one attached hydrogen (secondary N) is 1. The van der Waals surface area contributed by atoms with Gasteiger partial charge in [0.1, 0.15) is 11.6 Å². The second-order valence-corrected chi connectivity index (χ2v) is 4.10. The number of nitrogens with zero attached hydrogens (tertiary/aromatic N) is 1. The zero-order chi connectivity index (χ0) is 12.4. The SMILES string of the molecule is Cc1ccc(Nc2ncc(N)cc2Cl)cc1F. The van der Waals surface area contributed by atoms with Crippen molar-refractivity contribution in [2.45, 2.75) is 6.92 Å². The fraction of sp³-hybridized carbons (Fsp3) is 0.0833. The Hall–Kier alpha value is -1.81. The van der Waals surface area contributed by atoms with Gasteiger partial charge in [-0.2, -0.15) is 0 Å². The van der Waals surface area contributed by atoms with Crippen LogP contribution in [0.3, 0.4) is 0 Å². The van der Waals surface area contributed by atoms with Crippen molar-refractivity contribution in [2.75, 3.05) is 11.1 Å². The lowest BCUT2D eigenvalue weighted by molar-refractivity contribution is 0.619. The van der Waals surface area contributed by atoms with Crippen LogP contribution in [0.5, 0.6) is 0 Å². The number of halogens is 2. The largest absolute Gasteiger partial charge is 0.397 e. The third-order valence-corrected chi connectivity index (χ3v) is 2.59. The molecule has 0 amide bonds. The molecule has 0 bridgehead atoms. The average molecular weight is 252 g/mol. The summed E-state index contributed by atoms with van der Waals surface area (Å²) in [4.78, 5) is 4.03. The molecule has 3 N–H and O–H groups in total. The van der Waals surface area contributed by atoms with E-state index in [1.165, 1.54) is 12.3 Å². The molecule has 0 fully saturated rings. The Kier molecular flexibility index (Phi) is 3.15. The van der Waals surface area contributed by atoms with E-state index in [-0.39, 0.29) is 5.82 Å². The second-order valence-electron chi connectivity index (χ2n) is 3.69. The Morgan fingerprint density at radius 1 is 1.35 bits per heavy atom. The number of rotatable bonds is 2. The van der Waals surface area contributed by atoms with Gasteiger partial charge in [-0.1, -0.05) is 17.7 Å². The molecule has 1 aromatic heterocycles. The van der Waals surface area contributed by atoms with Crippen LogP contribution in [0.4, 0.5) is 21.6 Å². The average Bonchev–Trinajstić information content (AvgIpc) is 2.27. The highest BCUT2D eigenvalue weighted by atomic mass is 35.5. The first-order chi connectivity index (χ1) is 8.06. The zero-order valence-corrected chi connectivity index (χ0v) is 9.92. The standard InChI is InChI=1S/C12H11ClFN3/c1-7-2-3-9(5-11(7)14)17-12-10(13)4-8(15)6-16-12/h2-6H,15H2,1H3,(H,16,17). The van der Waals surface area contributed by atoms with Crippen LogP contribution >= 0.6 is 11.6 Å². The van der Waals surface area contributed by atoms with E-state index in [4.69, 9.17) is 17.3 Å². The molecule has 0 aliphatic carbocycles. The summed E-state index contributed by atoms with van der Waals surface area (Å²) in [5.74, 6) is 0.172. The molecule has 5 heteroatoms. The molecule has 0 saturated heterocycles. The van der Waals surface area contributed by atoms with Crippen LogP contribution in [-0.4, -0.2) is 4.98 Å². The van der Waals surface area contributed by atoms with Gasteiger partial charge in [0.25, 0.3) is 0 Å². The topological polar surface area (TPSA) is 50.9 Å². The summed E-state index contributed by atoms with van der Waals surface area (Å²) in [6.07, 6.45) is 1.48. The van der Waals surface area contributed by atoms with Gasteiger partial charge in [-0.15, -0.1) is 0 Å². The normalized spacial score (nSPS) is 10.3. The summed E-state index contributed by atoms with van der Waals surface area (Å²) in [5.41, 5.74) is 7.19. The Morgan fingerprint density at radius 3 is 2.76 bits per heavy atom. The second kappa shape index (κ2) is 4.59. The van der Waals surface area contributed by atoms with E-state index in [1.807, 2.05) is 0 Å². The smallest absolute Gasteiger partial charge is 0.149 e. The van der Waals surface area contributed by atoms with Gasteiger partial charge in [0.15, 0.2) is 0 Å². The van der Waals surface area contributed by atoms with Gasteiger partial charge in [-0.25, -0.2) is 9.37 Å². The lowest BCUT2D eigenvalue weighted by Crippen LogP contribution is -1.97. The van der Waals surface area contributed by atoms with Crippen molar-refractivity contribution in [3.63, 3.8) is 0 Å². The van der Waals surface area contributed by atoms with E-state index in [9.17, 15) is 4.39 Å². The summed E-state index contributed by atoms with van der Waals surface area (Å²) in [6, 6.07) is 6.42. The van der Waals surface area contributed by atoms with Gasteiger partial charge in [0.2, 0.25) is 0 Å². The fourth-order valence-corrected chi connectivity index (χ4v) is 1.57. The molecule has 0 aliphatic rings. The summed E-state index contributed by atoms with van der Waals surface area (Å²) in [6.45, 7) is 1.70. The third kappa shape index (κ3) is 2.65. The minimum atomic E-state index is -0.276. The lowest BCUT2D eigenvalue weighted by atomic mass is 10.2. The van der Waals surface area contributed by atoms with Crippen molar-refractivity contribution in [3.05, 3.63) is 46.9 Å². The highest BCUT2D eigenvalue weighted by molar-refractivity contribution is 6.33. The molecule has 0 atom stereocenters. The molecule has 0 unspecified atom stereocenters. The van der Waals surface area contributed by atoms with Crippen LogP contribution < -0.4 is 11.1 Å². The molecular weight excluding hydrogens is 241 g/mol. The Bertz CT molecular complexity index is 557. The third-order valence-electron chi connectivity index (χ3n) is 2.30. The molecule has 88 valence electrons. The zero-order valence-electron chi connectivity index (χ0n) is 9.17. The number of benzene rings is 1. The van der Waals surface area contributed by atoms with E-state index >= 15 is 0 Å². The van der Waals surface area contributed by atoms with Crippen LogP contribution in [0, 0.1) is 12.7 Å². The van der Waals surface area contributed by atoms with Crippen LogP contribution in [0.1, 0.15) is 5.56 Å². The molecule has 0 aliphatic heterocycles. The summed E-state index contributed by atoms with van der Waals surface area (Å²) in [5, 5.41) is 3.32. The maximum Gasteiger partial charge on any atom is 0.149 e. The van der Waals surface area contributed by atoms with E-state index in [2.05, 4.69) is 10.3 Å². The maximum atomic E-state index is 13.3. The van der Waals surface area contributed by atoms with Gasteiger partial charge in [0, 0.05) is 5.69 Å². The molecule has 0 radical (unpaired) electrons. The van der Waals surface area contributed by atoms with Crippen molar-refractivity contribution in [1.29, 1.82) is 0 Å². The van der Waals surface area contributed by atoms with Crippen LogP contribution in [0.2, 0.25) is 5.02 Å². The van der Waals surface area contributed by atoms with Crippen molar-refractivity contribution >= 4 is 28.8 Å². The highest BCUT2D eigenvalue weighted by Crippen LogP contribution is 2.25. The summed E-state index contributed by atoms with van der Waals surface area (Å²) < 4.78 is 13.3. The number of nitrogens with two attached hydrogens (primary N) is 1. The minimum Gasteiger partial charge on any atom is -0.397 e. The monoisotopic (exact) mass is 251 g/mol. The molecule has 1 aromatic carbocycles. The van der Waals surface area contributed by atoms with Crippen molar-refractivity contribution < 1.29 is 4.39 Å². The van der Waals surface area contributed by atoms with Crippen LogP contribution in [0.15, 0.2) is 30.5 Å². The highest BCUT2D eigenvalue weighted by Gasteiger charge is 2.04. The Balaban J connectivity index is 2.28. The summed E-state index contributed by atoms with van der Waals surface area (Å²) >= 11 is 5.95. The molecule has 2 aromatic rings. The van der Waals surface area contributed by atoms with E-state index in [0.29, 0.717) is 27.8 Å². The first kappa shape index (κ1) is 11.7. The number of nitrogen functional groups attached to an aromatic ring is 1. The number of hydrogen-bond acceptors (Lipinski definition) is 3. The van der Waals surface area contributed by atoms with Crippen molar-refractivity contribution in [3.8, 4) is 0 Å². The quantitative estimate of drug-likeness (QED) is 0.859. The number of anilines is 3. The van der Waals surface area contributed by atoms with Gasteiger partial charge >= 0.3 is 0 Å². The molecule has 2 rings (SSSR count). The first-order valence-electron chi connectivity index (χ1n) is 5.00.